The molecule has 0 aliphatic heterocycles. The van der Waals surface area contributed by atoms with Gasteiger partial charge in [-0.1, -0.05) is 37.3 Å². The second-order valence-corrected chi connectivity index (χ2v) is 6.79. The van der Waals surface area contributed by atoms with Gasteiger partial charge in [-0.3, -0.25) is 0 Å². The van der Waals surface area contributed by atoms with E-state index in [1.165, 1.54) is 50.5 Å². The van der Waals surface area contributed by atoms with Crippen LogP contribution in [0.25, 0.3) is 0 Å². The minimum absolute atomic E-state index is 0.904. The van der Waals surface area contributed by atoms with Gasteiger partial charge in [0.15, 0.2) is 18.9 Å². The topological polar surface area (TPSA) is 3.88 Å². The second-order valence-electron chi connectivity index (χ2n) is 6.79. The van der Waals surface area contributed by atoms with Crippen molar-refractivity contribution in [1.29, 1.82) is 0 Å². The van der Waals surface area contributed by atoms with Gasteiger partial charge in [0, 0.05) is 17.2 Å². The zero-order valence-electron chi connectivity index (χ0n) is 14.9. The summed E-state index contributed by atoms with van der Waals surface area (Å²) in [5.41, 5.74) is 5.64. The van der Waals surface area contributed by atoms with Crippen LogP contribution in [0.3, 0.4) is 0 Å². The minimum atomic E-state index is 0.904. The fourth-order valence-corrected chi connectivity index (χ4v) is 3.34. The molecule has 1 nitrogen and oxygen atoms in total. The smallest absolute Gasteiger partial charge is 0.172 e. The molecule has 1 aliphatic rings. The summed E-state index contributed by atoms with van der Waals surface area (Å²) >= 11 is 0. The first-order chi connectivity index (χ1) is 11.8. The zero-order chi connectivity index (χ0) is 16.6. The van der Waals surface area contributed by atoms with E-state index in [2.05, 4.69) is 66.1 Å². The Morgan fingerprint density at radius 2 is 1.79 bits per heavy atom. The maximum atomic E-state index is 3.32. The van der Waals surface area contributed by atoms with Gasteiger partial charge in [-0.05, 0) is 61.8 Å². The first-order valence-electron chi connectivity index (χ1n) is 9.44. The van der Waals surface area contributed by atoms with E-state index in [0.29, 0.717) is 0 Å². The molecule has 1 aromatic heterocycles. The van der Waals surface area contributed by atoms with Crippen LogP contribution in [0.1, 0.15) is 61.3 Å². The maximum Gasteiger partial charge on any atom is 0.172 e. The fraction of sp³-hybridized carbons (Fsp3) is 0.435. The normalized spacial score (nSPS) is 13.0. The van der Waals surface area contributed by atoms with Crippen molar-refractivity contribution in [2.75, 3.05) is 0 Å². The highest BCUT2D eigenvalue weighted by atomic mass is 14.9. The van der Waals surface area contributed by atoms with E-state index < -0.39 is 0 Å². The molecule has 0 N–H and O–H groups in total. The number of aryl methyl sites for hydroxylation is 4. The molecule has 1 heterocycles. The van der Waals surface area contributed by atoms with Crippen LogP contribution in [-0.2, 0) is 25.8 Å². The summed E-state index contributed by atoms with van der Waals surface area (Å²) in [6.07, 6.45) is 14.3. The molecular weight excluding hydrogens is 290 g/mol. The average Bonchev–Trinajstić information content (AvgIpc) is 2.64. The van der Waals surface area contributed by atoms with Crippen molar-refractivity contribution >= 4 is 0 Å². The summed E-state index contributed by atoms with van der Waals surface area (Å²) < 4.78 is 2.30. The molecule has 0 fully saturated rings. The van der Waals surface area contributed by atoms with E-state index in [4.69, 9.17) is 0 Å². The number of pyridine rings is 1. The van der Waals surface area contributed by atoms with Crippen LogP contribution in [0, 0.1) is 11.8 Å². The van der Waals surface area contributed by atoms with Crippen LogP contribution in [0.4, 0.5) is 0 Å². The molecule has 0 bridgehead atoms. The van der Waals surface area contributed by atoms with Crippen molar-refractivity contribution in [2.45, 2.75) is 64.8 Å². The number of aromatic nitrogens is 1. The quantitative estimate of drug-likeness (QED) is 0.559. The van der Waals surface area contributed by atoms with Crippen molar-refractivity contribution in [3.63, 3.8) is 0 Å². The van der Waals surface area contributed by atoms with Crippen molar-refractivity contribution in [1.82, 2.24) is 0 Å². The number of nitrogens with zero attached hydrogens (tertiary/aromatic N) is 1. The molecule has 1 aromatic carbocycles. The Morgan fingerprint density at radius 3 is 2.58 bits per heavy atom. The van der Waals surface area contributed by atoms with Gasteiger partial charge in [-0.25, -0.2) is 4.57 Å². The predicted molar refractivity (Wildman–Crippen MR) is 99.8 cm³/mol. The Labute approximate surface area is 146 Å². The van der Waals surface area contributed by atoms with Crippen molar-refractivity contribution in [2.24, 2.45) is 0 Å². The number of unbranched alkanes of at least 4 members (excludes halogenated alkanes) is 1. The highest BCUT2D eigenvalue weighted by molar-refractivity contribution is 5.36. The number of hydrogen-bond donors (Lipinski definition) is 0. The molecule has 0 saturated heterocycles. The first-order valence-corrected chi connectivity index (χ1v) is 9.44. The molecule has 3 rings (SSSR count). The van der Waals surface area contributed by atoms with Crippen molar-refractivity contribution in [3.05, 3.63) is 65.0 Å². The molecule has 2 aromatic rings. The van der Waals surface area contributed by atoms with Crippen molar-refractivity contribution < 1.29 is 4.57 Å². The molecule has 0 spiro atoms. The van der Waals surface area contributed by atoms with Gasteiger partial charge in [-0.15, -0.1) is 0 Å². The summed E-state index contributed by atoms with van der Waals surface area (Å²) in [6, 6.07) is 11.1. The van der Waals surface area contributed by atoms with Crippen LogP contribution in [0.2, 0.25) is 0 Å². The minimum Gasteiger partial charge on any atom is -0.204 e. The van der Waals surface area contributed by atoms with E-state index >= 15 is 0 Å². The Hall–Kier alpha value is -2.07. The van der Waals surface area contributed by atoms with Crippen LogP contribution in [-0.4, -0.2) is 0 Å². The van der Waals surface area contributed by atoms with E-state index in [1.807, 2.05) is 0 Å². The number of hydrogen-bond acceptors (Lipinski definition) is 0. The second kappa shape index (κ2) is 8.69. The molecule has 0 saturated carbocycles. The van der Waals surface area contributed by atoms with E-state index in [0.717, 1.165) is 18.5 Å². The van der Waals surface area contributed by atoms with Gasteiger partial charge in [0.05, 0.1) is 6.42 Å². The van der Waals surface area contributed by atoms with Crippen LogP contribution in [0.15, 0.2) is 42.7 Å². The summed E-state index contributed by atoms with van der Waals surface area (Å²) in [6.45, 7) is 3.22. The average molecular weight is 318 g/mol. The fourth-order valence-electron chi connectivity index (χ4n) is 3.34. The maximum absolute atomic E-state index is 3.32. The van der Waals surface area contributed by atoms with Crippen LogP contribution in [0.5, 0.6) is 0 Å². The molecule has 24 heavy (non-hydrogen) atoms. The lowest BCUT2D eigenvalue weighted by molar-refractivity contribution is -0.696. The monoisotopic (exact) mass is 318 g/mol. The Balaban J connectivity index is 1.52. The Kier molecular flexibility index (Phi) is 6.07. The van der Waals surface area contributed by atoms with Gasteiger partial charge in [-0.2, -0.15) is 0 Å². The van der Waals surface area contributed by atoms with Gasteiger partial charge in [0.2, 0.25) is 0 Å². The Bertz CT molecular complexity index is 716. The summed E-state index contributed by atoms with van der Waals surface area (Å²) in [7, 11) is 0. The van der Waals surface area contributed by atoms with E-state index in [1.54, 1.807) is 11.1 Å². The molecule has 0 atom stereocenters. The molecule has 0 amide bonds. The SMILES string of the molecule is CCCCc1ccc(C#CCC[n+]2ccc3c(c2)CCCC3)cc1. The summed E-state index contributed by atoms with van der Waals surface area (Å²) in [5, 5.41) is 0. The highest BCUT2D eigenvalue weighted by Crippen LogP contribution is 2.18. The van der Waals surface area contributed by atoms with Crippen LogP contribution >= 0.6 is 0 Å². The van der Waals surface area contributed by atoms with E-state index in [9.17, 15) is 0 Å². The third-order valence-electron chi connectivity index (χ3n) is 4.84. The number of fused-ring (bicyclic) bond motifs is 1. The molecule has 1 aliphatic carbocycles. The predicted octanol–water partition coefficient (Wildman–Crippen LogP) is 4.64. The molecule has 1 heteroatoms. The lowest BCUT2D eigenvalue weighted by Crippen LogP contribution is -2.34. The summed E-state index contributed by atoms with van der Waals surface area (Å²) in [5.74, 6) is 6.62. The third-order valence-corrected chi connectivity index (χ3v) is 4.84. The number of benzene rings is 1. The lowest BCUT2D eigenvalue weighted by atomic mass is 9.93. The molecule has 0 radical (unpaired) electrons. The van der Waals surface area contributed by atoms with Crippen LogP contribution < -0.4 is 4.57 Å². The number of rotatable bonds is 5. The standard InChI is InChI=1S/C23H28N/c1-2-3-8-20-12-14-21(15-13-20)9-6-7-17-24-18-16-22-10-4-5-11-23(22)19-24/h12-16,18-19H,2-5,7-8,10-11,17H2,1H3/q+1. The van der Waals surface area contributed by atoms with Gasteiger partial charge in [0.25, 0.3) is 0 Å². The largest absolute Gasteiger partial charge is 0.204 e. The molecule has 0 unspecified atom stereocenters. The Morgan fingerprint density at radius 1 is 1.00 bits per heavy atom. The highest BCUT2D eigenvalue weighted by Gasteiger charge is 2.12. The summed E-state index contributed by atoms with van der Waals surface area (Å²) in [4.78, 5) is 0. The molecule has 124 valence electrons. The molecular formula is C23H28N+. The van der Waals surface area contributed by atoms with Gasteiger partial charge < -0.3 is 0 Å². The van der Waals surface area contributed by atoms with Gasteiger partial charge in [0.1, 0.15) is 0 Å². The first kappa shape index (κ1) is 16.8. The van der Waals surface area contributed by atoms with E-state index in [-0.39, 0.29) is 0 Å². The lowest BCUT2D eigenvalue weighted by Gasteiger charge is -2.13. The van der Waals surface area contributed by atoms with Crippen molar-refractivity contribution in [3.8, 4) is 11.8 Å². The zero-order valence-corrected chi connectivity index (χ0v) is 14.9. The third kappa shape index (κ3) is 4.71. The van der Waals surface area contributed by atoms with Gasteiger partial charge >= 0.3 is 0 Å².